The molecule has 25 heavy (non-hydrogen) atoms. The first-order valence-electron chi connectivity index (χ1n) is 7.88. The summed E-state index contributed by atoms with van der Waals surface area (Å²) in [7, 11) is 0. The second-order valence-electron chi connectivity index (χ2n) is 6.59. The first-order valence-corrected chi connectivity index (χ1v) is 8.68. The Morgan fingerprint density at radius 1 is 1.04 bits per heavy atom. The third-order valence-corrected chi connectivity index (χ3v) is 3.83. The van der Waals surface area contributed by atoms with Crippen molar-refractivity contribution in [2.75, 3.05) is 0 Å². The summed E-state index contributed by atoms with van der Waals surface area (Å²) < 4.78 is 12.2. The van der Waals surface area contributed by atoms with Crippen LogP contribution in [-0.2, 0) is 4.74 Å². The second kappa shape index (κ2) is 6.84. The number of hydrogen-bond acceptors (Lipinski definition) is 4. The minimum absolute atomic E-state index is 0.398. The number of hydrogen-bond donors (Lipinski definition) is 0. The van der Waals surface area contributed by atoms with E-state index in [0.29, 0.717) is 22.7 Å². The third kappa shape index (κ3) is 4.37. The van der Waals surface area contributed by atoms with Crippen LogP contribution in [0.15, 0.2) is 59.1 Å². The molecule has 3 aromatic rings. The summed E-state index contributed by atoms with van der Waals surface area (Å²) in [5, 5.41) is 0.852. The lowest BCUT2D eigenvalue weighted by atomic mass is 10.1. The van der Waals surface area contributed by atoms with Gasteiger partial charge in [0.15, 0.2) is 0 Å². The van der Waals surface area contributed by atoms with Gasteiger partial charge in [-0.25, -0.2) is 9.78 Å². The minimum Gasteiger partial charge on any atom is -0.456 e. The molecule has 0 atom stereocenters. The van der Waals surface area contributed by atoms with Gasteiger partial charge in [-0.1, -0.05) is 34.1 Å². The summed E-state index contributed by atoms with van der Waals surface area (Å²) in [5.74, 6) is 0.683. The van der Waals surface area contributed by atoms with Crippen LogP contribution in [0.2, 0.25) is 0 Å². The van der Waals surface area contributed by atoms with Crippen LogP contribution < -0.4 is 4.74 Å². The van der Waals surface area contributed by atoms with E-state index in [4.69, 9.17) is 9.47 Å². The van der Waals surface area contributed by atoms with Crippen LogP contribution in [0.1, 0.15) is 31.1 Å². The van der Waals surface area contributed by atoms with Gasteiger partial charge >= 0.3 is 5.97 Å². The number of fused-ring (bicyclic) bond motifs is 1. The lowest BCUT2D eigenvalue weighted by Gasteiger charge is -2.19. The Hall–Kier alpha value is -2.40. The molecule has 0 amide bonds. The molecule has 3 rings (SSSR count). The smallest absolute Gasteiger partial charge is 0.340 e. The number of pyridine rings is 1. The quantitative estimate of drug-likeness (QED) is 0.526. The molecule has 0 bridgehead atoms. The van der Waals surface area contributed by atoms with Gasteiger partial charge in [0.2, 0.25) is 5.88 Å². The zero-order valence-electron chi connectivity index (χ0n) is 14.2. The Bertz CT molecular complexity index is 932. The summed E-state index contributed by atoms with van der Waals surface area (Å²) in [4.78, 5) is 17.0. The van der Waals surface area contributed by atoms with Crippen molar-refractivity contribution in [3.8, 4) is 11.6 Å². The molecule has 5 heteroatoms. The zero-order chi connectivity index (χ0) is 18.0. The topological polar surface area (TPSA) is 48.4 Å². The highest BCUT2D eigenvalue weighted by Gasteiger charge is 2.20. The number of carbonyl (C=O) groups excluding carboxylic acids is 1. The third-order valence-electron chi connectivity index (χ3n) is 3.33. The van der Waals surface area contributed by atoms with E-state index >= 15 is 0 Å². The monoisotopic (exact) mass is 399 g/mol. The number of para-hydroxylation sites is 1. The largest absolute Gasteiger partial charge is 0.456 e. The molecule has 0 fully saturated rings. The number of benzene rings is 2. The molecule has 0 radical (unpaired) electrons. The summed E-state index contributed by atoms with van der Waals surface area (Å²) >= 11 is 3.41. The van der Waals surface area contributed by atoms with Crippen molar-refractivity contribution in [2.24, 2.45) is 0 Å². The Morgan fingerprint density at radius 2 is 1.80 bits per heavy atom. The normalized spacial score (nSPS) is 11.4. The highest BCUT2D eigenvalue weighted by Crippen LogP contribution is 2.27. The van der Waals surface area contributed by atoms with Crippen LogP contribution in [0.25, 0.3) is 10.9 Å². The number of halogens is 1. The number of rotatable bonds is 3. The van der Waals surface area contributed by atoms with E-state index in [-0.39, 0.29) is 0 Å². The number of ether oxygens (including phenoxy) is 2. The van der Waals surface area contributed by atoms with Gasteiger partial charge in [0, 0.05) is 15.9 Å². The molecular weight excluding hydrogens is 382 g/mol. The van der Waals surface area contributed by atoms with Crippen LogP contribution in [0.3, 0.4) is 0 Å². The van der Waals surface area contributed by atoms with Gasteiger partial charge in [0.05, 0.1) is 11.1 Å². The standard InChI is InChI=1S/C20H18BrNO3/c1-20(2,3)25-19(23)16-9-4-6-13-10-11-17(22-18(13)16)24-15-8-5-7-14(21)12-15/h4-12H,1-3H3. The van der Waals surface area contributed by atoms with Crippen molar-refractivity contribution in [2.45, 2.75) is 26.4 Å². The molecule has 0 saturated carbocycles. The fourth-order valence-electron chi connectivity index (χ4n) is 2.34. The van der Waals surface area contributed by atoms with Crippen LogP contribution in [0, 0.1) is 0 Å². The van der Waals surface area contributed by atoms with Gasteiger partial charge in [-0.3, -0.25) is 0 Å². The van der Waals surface area contributed by atoms with Gasteiger partial charge in [0.1, 0.15) is 11.4 Å². The number of aromatic nitrogens is 1. The molecule has 0 saturated heterocycles. The van der Waals surface area contributed by atoms with Crippen molar-refractivity contribution < 1.29 is 14.3 Å². The average Bonchev–Trinajstić information content (AvgIpc) is 2.52. The summed E-state index contributed by atoms with van der Waals surface area (Å²) in [6.45, 7) is 5.52. The molecule has 0 N–H and O–H groups in total. The van der Waals surface area contributed by atoms with E-state index in [1.54, 1.807) is 12.1 Å². The van der Waals surface area contributed by atoms with Gasteiger partial charge in [-0.15, -0.1) is 0 Å². The lowest BCUT2D eigenvalue weighted by Crippen LogP contribution is -2.24. The van der Waals surface area contributed by atoms with Crippen LogP contribution in [-0.4, -0.2) is 16.6 Å². The predicted octanol–water partition coefficient (Wildman–Crippen LogP) is 5.74. The molecule has 4 nitrogen and oxygen atoms in total. The van der Waals surface area contributed by atoms with Crippen LogP contribution in [0.4, 0.5) is 0 Å². The Morgan fingerprint density at radius 3 is 2.52 bits per heavy atom. The van der Waals surface area contributed by atoms with E-state index in [2.05, 4.69) is 20.9 Å². The van der Waals surface area contributed by atoms with E-state index in [9.17, 15) is 4.79 Å². The van der Waals surface area contributed by atoms with Gasteiger partial charge in [-0.05, 0) is 51.1 Å². The predicted molar refractivity (Wildman–Crippen MR) is 101 cm³/mol. The van der Waals surface area contributed by atoms with Gasteiger partial charge in [0.25, 0.3) is 0 Å². The number of nitrogens with zero attached hydrogens (tertiary/aromatic N) is 1. The highest BCUT2D eigenvalue weighted by atomic mass is 79.9. The molecule has 2 aromatic carbocycles. The minimum atomic E-state index is -0.566. The van der Waals surface area contributed by atoms with Crippen LogP contribution >= 0.6 is 15.9 Å². The highest BCUT2D eigenvalue weighted by molar-refractivity contribution is 9.10. The molecule has 0 aliphatic carbocycles. The van der Waals surface area contributed by atoms with Gasteiger partial charge < -0.3 is 9.47 Å². The fraction of sp³-hybridized carbons (Fsp3) is 0.200. The van der Waals surface area contributed by atoms with Crippen molar-refractivity contribution in [1.29, 1.82) is 0 Å². The van der Waals surface area contributed by atoms with E-state index in [0.717, 1.165) is 9.86 Å². The number of esters is 1. The zero-order valence-corrected chi connectivity index (χ0v) is 15.8. The molecule has 0 aliphatic heterocycles. The maximum atomic E-state index is 12.5. The summed E-state index contributed by atoms with van der Waals surface area (Å²) in [5.41, 5.74) is 0.417. The second-order valence-corrected chi connectivity index (χ2v) is 7.50. The van der Waals surface area contributed by atoms with Crippen molar-refractivity contribution in [3.05, 3.63) is 64.6 Å². The molecule has 128 valence electrons. The molecule has 0 spiro atoms. The SMILES string of the molecule is CC(C)(C)OC(=O)c1cccc2ccc(Oc3cccc(Br)c3)nc12. The van der Waals surface area contributed by atoms with Crippen molar-refractivity contribution in [1.82, 2.24) is 4.98 Å². The Labute approximate surface area is 154 Å². The van der Waals surface area contributed by atoms with Gasteiger partial charge in [-0.2, -0.15) is 0 Å². The molecular formula is C20H18BrNO3. The van der Waals surface area contributed by atoms with Crippen molar-refractivity contribution in [3.63, 3.8) is 0 Å². The molecule has 1 aromatic heterocycles. The lowest BCUT2D eigenvalue weighted by molar-refractivity contribution is 0.00716. The van der Waals surface area contributed by atoms with E-state index < -0.39 is 11.6 Å². The Kier molecular flexibility index (Phi) is 4.77. The maximum absolute atomic E-state index is 12.5. The summed E-state index contributed by atoms with van der Waals surface area (Å²) in [6.07, 6.45) is 0. The Balaban J connectivity index is 1.98. The van der Waals surface area contributed by atoms with E-state index in [1.165, 1.54) is 0 Å². The molecule has 0 aliphatic rings. The van der Waals surface area contributed by atoms with Crippen molar-refractivity contribution >= 4 is 32.8 Å². The first-order chi connectivity index (χ1) is 11.8. The summed E-state index contributed by atoms with van der Waals surface area (Å²) in [6, 6.07) is 16.6. The average molecular weight is 400 g/mol. The molecule has 1 heterocycles. The molecule has 0 unspecified atom stereocenters. The fourth-order valence-corrected chi connectivity index (χ4v) is 2.71. The van der Waals surface area contributed by atoms with E-state index in [1.807, 2.05) is 63.2 Å². The maximum Gasteiger partial charge on any atom is 0.340 e. The van der Waals surface area contributed by atoms with Crippen LogP contribution in [0.5, 0.6) is 11.6 Å². The number of carbonyl (C=O) groups is 1. The first kappa shape index (κ1) is 17.4.